The zero-order chi connectivity index (χ0) is 17.9. The average Bonchev–Trinajstić information content (AvgIpc) is 3.11. The van der Waals surface area contributed by atoms with Crippen LogP contribution in [0.3, 0.4) is 0 Å². The molecule has 3 heterocycles. The zero-order valence-electron chi connectivity index (χ0n) is 14.2. The number of carbonyl (C=O) groups is 1. The molecule has 2 aromatic heterocycles. The Morgan fingerprint density at radius 1 is 1.15 bits per heavy atom. The lowest BCUT2D eigenvalue weighted by atomic mass is 10.1. The first-order valence-corrected chi connectivity index (χ1v) is 8.55. The highest BCUT2D eigenvalue weighted by atomic mass is 16.2. The number of nitriles is 1. The number of rotatable bonds is 3. The van der Waals surface area contributed by atoms with Gasteiger partial charge >= 0.3 is 0 Å². The molecule has 4 rings (SSSR count). The molecule has 1 saturated heterocycles. The fraction of sp³-hybridized carbons (Fsp3) is 0.263. The molecule has 1 fully saturated rings. The minimum Gasteiger partial charge on any atom is -0.361 e. The molecular formula is C19H18N6O. The predicted octanol–water partition coefficient (Wildman–Crippen LogP) is 1.72. The summed E-state index contributed by atoms with van der Waals surface area (Å²) in [6, 6.07) is 10.1. The van der Waals surface area contributed by atoms with Gasteiger partial charge in [-0.2, -0.15) is 5.26 Å². The van der Waals surface area contributed by atoms with Crippen LogP contribution in [-0.2, 0) is 11.2 Å². The van der Waals surface area contributed by atoms with Crippen molar-refractivity contribution in [2.24, 2.45) is 0 Å². The van der Waals surface area contributed by atoms with E-state index in [9.17, 15) is 10.1 Å². The molecule has 1 N–H and O–H groups in total. The van der Waals surface area contributed by atoms with Crippen LogP contribution in [0.1, 0.15) is 11.3 Å². The Hall–Kier alpha value is -3.40. The second-order valence-corrected chi connectivity index (χ2v) is 6.24. The van der Waals surface area contributed by atoms with Gasteiger partial charge in [0.05, 0.1) is 6.42 Å². The monoisotopic (exact) mass is 346 g/mol. The van der Waals surface area contributed by atoms with Gasteiger partial charge in [0.1, 0.15) is 6.07 Å². The number of carbonyl (C=O) groups excluding carboxylic acids is 1. The van der Waals surface area contributed by atoms with Crippen LogP contribution < -0.4 is 4.90 Å². The van der Waals surface area contributed by atoms with Crippen LogP contribution in [0.25, 0.3) is 10.9 Å². The number of anilines is 1. The predicted molar refractivity (Wildman–Crippen MR) is 97.5 cm³/mol. The van der Waals surface area contributed by atoms with Gasteiger partial charge in [0, 0.05) is 55.7 Å². The SMILES string of the molecule is N#Cc1nccnc1N1CCN(C(=O)Cc2c[nH]c3ccccc23)CC1. The van der Waals surface area contributed by atoms with Crippen LogP contribution in [0.2, 0.25) is 0 Å². The van der Waals surface area contributed by atoms with E-state index in [1.54, 1.807) is 6.20 Å². The highest BCUT2D eigenvalue weighted by Gasteiger charge is 2.24. The topological polar surface area (TPSA) is 88.9 Å². The first kappa shape index (κ1) is 16.1. The summed E-state index contributed by atoms with van der Waals surface area (Å²) < 4.78 is 0. The minimum atomic E-state index is 0.119. The number of hydrogen-bond donors (Lipinski definition) is 1. The molecule has 1 amide bonds. The first-order chi connectivity index (χ1) is 12.8. The number of amides is 1. The van der Waals surface area contributed by atoms with Crippen molar-refractivity contribution < 1.29 is 4.79 Å². The number of aromatic amines is 1. The van der Waals surface area contributed by atoms with Gasteiger partial charge < -0.3 is 14.8 Å². The molecule has 3 aromatic rings. The van der Waals surface area contributed by atoms with Gasteiger partial charge in [0.2, 0.25) is 5.91 Å². The van der Waals surface area contributed by atoms with E-state index >= 15 is 0 Å². The first-order valence-electron chi connectivity index (χ1n) is 8.55. The van der Waals surface area contributed by atoms with Gasteiger partial charge in [0.25, 0.3) is 0 Å². The smallest absolute Gasteiger partial charge is 0.227 e. The van der Waals surface area contributed by atoms with E-state index in [0.29, 0.717) is 44.1 Å². The van der Waals surface area contributed by atoms with Crippen molar-refractivity contribution in [3.63, 3.8) is 0 Å². The van der Waals surface area contributed by atoms with E-state index < -0.39 is 0 Å². The maximum atomic E-state index is 12.7. The standard InChI is InChI=1S/C19H18N6O/c20-12-17-19(22-6-5-21-17)25-9-7-24(8-10-25)18(26)11-14-13-23-16-4-2-1-3-15(14)16/h1-6,13,23H,7-11H2. The lowest BCUT2D eigenvalue weighted by Gasteiger charge is -2.35. The van der Waals surface area contributed by atoms with Crippen molar-refractivity contribution in [2.45, 2.75) is 6.42 Å². The summed E-state index contributed by atoms with van der Waals surface area (Å²) >= 11 is 0. The molecule has 0 bridgehead atoms. The zero-order valence-corrected chi connectivity index (χ0v) is 14.2. The highest BCUT2D eigenvalue weighted by Crippen LogP contribution is 2.20. The van der Waals surface area contributed by atoms with Crippen molar-refractivity contribution in [3.05, 3.63) is 54.1 Å². The number of aromatic nitrogens is 3. The number of para-hydroxylation sites is 1. The molecule has 130 valence electrons. The summed E-state index contributed by atoms with van der Waals surface area (Å²) in [5.41, 5.74) is 2.39. The summed E-state index contributed by atoms with van der Waals surface area (Å²) in [5, 5.41) is 10.3. The van der Waals surface area contributed by atoms with E-state index in [4.69, 9.17) is 0 Å². The third-order valence-electron chi connectivity index (χ3n) is 4.73. The van der Waals surface area contributed by atoms with Gasteiger partial charge in [-0.3, -0.25) is 4.79 Å². The Morgan fingerprint density at radius 3 is 2.73 bits per heavy atom. The van der Waals surface area contributed by atoms with Gasteiger partial charge in [-0.05, 0) is 11.6 Å². The summed E-state index contributed by atoms with van der Waals surface area (Å²) in [6.07, 6.45) is 5.41. The number of nitrogens with zero attached hydrogens (tertiary/aromatic N) is 5. The normalized spacial score (nSPS) is 14.4. The van der Waals surface area contributed by atoms with Crippen molar-refractivity contribution in [1.29, 1.82) is 5.26 Å². The third kappa shape index (κ3) is 2.97. The molecule has 1 aliphatic heterocycles. The van der Waals surface area contributed by atoms with Gasteiger partial charge in [-0.25, -0.2) is 9.97 Å². The second-order valence-electron chi connectivity index (χ2n) is 6.24. The van der Waals surface area contributed by atoms with E-state index in [1.165, 1.54) is 6.20 Å². The van der Waals surface area contributed by atoms with Crippen molar-refractivity contribution in [1.82, 2.24) is 19.9 Å². The third-order valence-corrected chi connectivity index (χ3v) is 4.73. The van der Waals surface area contributed by atoms with Crippen molar-refractivity contribution in [2.75, 3.05) is 31.1 Å². The molecule has 26 heavy (non-hydrogen) atoms. The van der Waals surface area contributed by atoms with E-state index in [2.05, 4.69) is 21.0 Å². The molecule has 7 nitrogen and oxygen atoms in total. The lowest BCUT2D eigenvalue weighted by molar-refractivity contribution is -0.130. The van der Waals surface area contributed by atoms with Crippen LogP contribution in [0.15, 0.2) is 42.9 Å². The summed E-state index contributed by atoms with van der Waals surface area (Å²) in [7, 11) is 0. The molecule has 1 aliphatic rings. The number of nitrogens with one attached hydrogen (secondary N) is 1. The number of hydrogen-bond acceptors (Lipinski definition) is 5. The Balaban J connectivity index is 1.42. The lowest BCUT2D eigenvalue weighted by Crippen LogP contribution is -2.49. The fourth-order valence-corrected chi connectivity index (χ4v) is 3.36. The van der Waals surface area contributed by atoms with Crippen LogP contribution in [0, 0.1) is 11.3 Å². The van der Waals surface area contributed by atoms with Crippen LogP contribution in [0.4, 0.5) is 5.82 Å². The molecule has 0 spiro atoms. The summed E-state index contributed by atoms with van der Waals surface area (Å²) in [6.45, 7) is 2.52. The largest absolute Gasteiger partial charge is 0.361 e. The molecule has 7 heteroatoms. The van der Waals surface area contributed by atoms with E-state index in [-0.39, 0.29) is 5.91 Å². The Kier molecular flexibility index (Phi) is 4.23. The summed E-state index contributed by atoms with van der Waals surface area (Å²) in [5.74, 6) is 0.716. The molecule has 0 unspecified atom stereocenters. The Labute approximate surface area is 150 Å². The minimum absolute atomic E-state index is 0.119. The Bertz CT molecular complexity index is 981. The number of H-pyrrole nitrogens is 1. The average molecular weight is 346 g/mol. The molecule has 0 aliphatic carbocycles. The van der Waals surface area contributed by atoms with Gasteiger partial charge in [0.15, 0.2) is 11.5 Å². The van der Waals surface area contributed by atoms with Crippen LogP contribution >= 0.6 is 0 Å². The molecule has 0 saturated carbocycles. The maximum absolute atomic E-state index is 12.7. The van der Waals surface area contributed by atoms with Gasteiger partial charge in [-0.1, -0.05) is 18.2 Å². The second kappa shape index (κ2) is 6.84. The summed E-state index contributed by atoms with van der Waals surface area (Å²) in [4.78, 5) is 28.1. The molecule has 0 atom stereocenters. The fourth-order valence-electron chi connectivity index (χ4n) is 3.36. The quantitative estimate of drug-likeness (QED) is 0.780. The van der Waals surface area contributed by atoms with Gasteiger partial charge in [-0.15, -0.1) is 0 Å². The Morgan fingerprint density at radius 2 is 1.92 bits per heavy atom. The maximum Gasteiger partial charge on any atom is 0.227 e. The van der Waals surface area contributed by atoms with E-state index in [1.807, 2.05) is 40.3 Å². The molecule has 1 aromatic carbocycles. The van der Waals surface area contributed by atoms with Crippen molar-refractivity contribution >= 4 is 22.6 Å². The molecular weight excluding hydrogens is 328 g/mol. The van der Waals surface area contributed by atoms with Crippen LogP contribution in [-0.4, -0.2) is 51.9 Å². The van der Waals surface area contributed by atoms with Crippen molar-refractivity contribution in [3.8, 4) is 6.07 Å². The van der Waals surface area contributed by atoms with E-state index in [0.717, 1.165) is 16.5 Å². The highest BCUT2D eigenvalue weighted by molar-refractivity contribution is 5.89. The number of fused-ring (bicyclic) bond motifs is 1. The number of benzene rings is 1. The van der Waals surface area contributed by atoms with Crippen LogP contribution in [0.5, 0.6) is 0 Å². The number of piperazine rings is 1. The molecule has 0 radical (unpaired) electrons.